The fourth-order valence-corrected chi connectivity index (χ4v) is 2.86. The summed E-state index contributed by atoms with van der Waals surface area (Å²) in [6, 6.07) is 4.93. The summed E-state index contributed by atoms with van der Waals surface area (Å²) in [4.78, 5) is 7.63. The lowest BCUT2D eigenvalue weighted by molar-refractivity contribution is 0.601. The molecule has 0 fully saturated rings. The molecule has 0 unspecified atom stereocenters. The van der Waals surface area contributed by atoms with Gasteiger partial charge in [-0.3, -0.25) is 4.72 Å². The largest absolute Gasteiger partial charge is 0.320 e. The summed E-state index contributed by atoms with van der Waals surface area (Å²) >= 11 is 0. The van der Waals surface area contributed by atoms with Gasteiger partial charge in [0.25, 0.3) is 10.0 Å². The van der Waals surface area contributed by atoms with Crippen LogP contribution in [-0.4, -0.2) is 24.9 Å². The van der Waals surface area contributed by atoms with Crippen LogP contribution in [-0.2, 0) is 10.0 Å². The van der Waals surface area contributed by atoms with E-state index in [1.165, 1.54) is 24.8 Å². The van der Waals surface area contributed by atoms with Crippen LogP contribution in [0.25, 0.3) is 0 Å². The summed E-state index contributed by atoms with van der Waals surface area (Å²) in [5.74, 6) is 5.45. The molecular weight excluding hydrogens is 288 g/mol. The second kappa shape index (κ2) is 6.35. The van der Waals surface area contributed by atoms with E-state index in [0.717, 1.165) is 5.56 Å². The smallest absolute Gasteiger partial charge is 0.263 e. The van der Waals surface area contributed by atoms with Crippen molar-refractivity contribution in [2.24, 2.45) is 5.73 Å². The molecule has 2 rings (SSSR count). The maximum Gasteiger partial charge on any atom is 0.263 e. The molecular formula is C14H14N4O2S. The Labute approximate surface area is 123 Å². The van der Waals surface area contributed by atoms with E-state index in [2.05, 4.69) is 26.5 Å². The molecule has 2 aromatic rings. The fourth-order valence-electron chi connectivity index (χ4n) is 1.68. The monoisotopic (exact) mass is 302 g/mol. The average Bonchev–Trinajstić information content (AvgIpc) is 2.45. The number of nitrogens with zero attached hydrogens (tertiary/aromatic N) is 2. The van der Waals surface area contributed by atoms with Crippen molar-refractivity contribution in [1.29, 1.82) is 0 Å². The third kappa shape index (κ3) is 3.78. The Morgan fingerprint density at radius 3 is 2.67 bits per heavy atom. The highest BCUT2D eigenvalue weighted by Crippen LogP contribution is 2.19. The predicted octanol–water partition coefficient (Wildman–Crippen LogP) is 0.896. The predicted molar refractivity (Wildman–Crippen MR) is 80.0 cm³/mol. The fraction of sp³-hybridized carbons (Fsp3) is 0.143. The molecule has 0 bridgehead atoms. The minimum absolute atomic E-state index is 0.0953. The molecule has 108 valence electrons. The van der Waals surface area contributed by atoms with Crippen molar-refractivity contribution in [2.45, 2.75) is 11.8 Å². The zero-order chi connectivity index (χ0) is 15.3. The van der Waals surface area contributed by atoms with E-state index >= 15 is 0 Å². The maximum atomic E-state index is 12.4. The van der Waals surface area contributed by atoms with E-state index in [4.69, 9.17) is 5.73 Å². The van der Waals surface area contributed by atoms with Gasteiger partial charge in [0.2, 0.25) is 0 Å². The van der Waals surface area contributed by atoms with Gasteiger partial charge in [0.15, 0.2) is 0 Å². The lowest BCUT2D eigenvalue weighted by Crippen LogP contribution is -2.15. The molecule has 0 saturated heterocycles. The number of hydrogen-bond acceptors (Lipinski definition) is 5. The number of aryl methyl sites for hydroxylation is 1. The number of aromatic nitrogens is 2. The molecule has 6 nitrogen and oxygen atoms in total. The standard InChI is InChI=1S/C14H14N4O2S/c1-11-4-5-14(12(7-11)3-2-6-15)21(19,20)18-13-8-16-10-17-9-13/h4-5,7-10,18H,6,15H2,1H3. The summed E-state index contributed by atoms with van der Waals surface area (Å²) < 4.78 is 27.3. The van der Waals surface area contributed by atoms with Crippen LogP contribution in [0.15, 0.2) is 41.8 Å². The van der Waals surface area contributed by atoms with Crippen LogP contribution in [0.1, 0.15) is 11.1 Å². The van der Waals surface area contributed by atoms with Gasteiger partial charge in [-0.15, -0.1) is 0 Å². The van der Waals surface area contributed by atoms with Crippen LogP contribution in [0, 0.1) is 18.8 Å². The van der Waals surface area contributed by atoms with Gasteiger partial charge in [0.05, 0.1) is 24.6 Å². The highest BCUT2D eigenvalue weighted by molar-refractivity contribution is 7.92. The van der Waals surface area contributed by atoms with Gasteiger partial charge in [-0.25, -0.2) is 18.4 Å². The molecule has 0 saturated carbocycles. The highest BCUT2D eigenvalue weighted by atomic mass is 32.2. The highest BCUT2D eigenvalue weighted by Gasteiger charge is 2.18. The molecule has 0 aliphatic carbocycles. The molecule has 1 aromatic heterocycles. The Morgan fingerprint density at radius 1 is 1.29 bits per heavy atom. The van der Waals surface area contributed by atoms with Gasteiger partial charge >= 0.3 is 0 Å². The molecule has 3 N–H and O–H groups in total. The third-order valence-electron chi connectivity index (χ3n) is 2.56. The van der Waals surface area contributed by atoms with Crippen molar-refractivity contribution in [3.05, 3.63) is 48.0 Å². The molecule has 0 spiro atoms. The van der Waals surface area contributed by atoms with Gasteiger partial charge in [-0.2, -0.15) is 0 Å². The number of nitrogens with two attached hydrogens (primary N) is 1. The minimum atomic E-state index is -3.76. The SMILES string of the molecule is Cc1ccc(S(=O)(=O)Nc2cncnc2)c(C#CCN)c1. The first kappa shape index (κ1) is 15.0. The minimum Gasteiger partial charge on any atom is -0.320 e. The first-order valence-electron chi connectivity index (χ1n) is 6.10. The van der Waals surface area contributed by atoms with Crippen molar-refractivity contribution in [2.75, 3.05) is 11.3 Å². The number of hydrogen-bond donors (Lipinski definition) is 2. The molecule has 7 heteroatoms. The number of benzene rings is 1. The van der Waals surface area contributed by atoms with E-state index in [1.807, 2.05) is 6.92 Å². The molecule has 1 aromatic carbocycles. The Bertz CT molecular complexity index is 793. The number of nitrogens with one attached hydrogen (secondary N) is 1. The average molecular weight is 302 g/mol. The first-order valence-corrected chi connectivity index (χ1v) is 7.58. The number of anilines is 1. The summed E-state index contributed by atoms with van der Waals surface area (Å²) in [6.45, 7) is 2.02. The van der Waals surface area contributed by atoms with Crippen LogP contribution < -0.4 is 10.5 Å². The van der Waals surface area contributed by atoms with E-state index in [9.17, 15) is 8.42 Å². The van der Waals surface area contributed by atoms with Crippen molar-refractivity contribution in [3.63, 3.8) is 0 Å². The van der Waals surface area contributed by atoms with E-state index in [0.29, 0.717) is 5.56 Å². The van der Waals surface area contributed by atoms with Crippen molar-refractivity contribution < 1.29 is 8.42 Å². The van der Waals surface area contributed by atoms with Gasteiger partial charge < -0.3 is 5.73 Å². The van der Waals surface area contributed by atoms with E-state index in [1.54, 1.807) is 12.1 Å². The van der Waals surface area contributed by atoms with Gasteiger partial charge in [0, 0.05) is 5.56 Å². The third-order valence-corrected chi connectivity index (χ3v) is 4.00. The summed E-state index contributed by atoms with van der Waals surface area (Å²) in [5.41, 5.74) is 6.95. The summed E-state index contributed by atoms with van der Waals surface area (Å²) in [6.07, 6.45) is 4.08. The van der Waals surface area contributed by atoms with E-state index in [-0.39, 0.29) is 17.1 Å². The van der Waals surface area contributed by atoms with Crippen LogP contribution in [0.4, 0.5) is 5.69 Å². The Hall–Kier alpha value is -2.43. The first-order chi connectivity index (χ1) is 10.0. The Morgan fingerprint density at radius 2 is 2.00 bits per heavy atom. The van der Waals surface area contributed by atoms with Crippen LogP contribution in [0.3, 0.4) is 0 Å². The zero-order valence-corrected chi connectivity index (χ0v) is 12.2. The zero-order valence-electron chi connectivity index (χ0n) is 11.4. The summed E-state index contributed by atoms with van der Waals surface area (Å²) in [5, 5.41) is 0. The van der Waals surface area contributed by atoms with Gasteiger partial charge in [-0.05, 0) is 24.6 Å². The van der Waals surface area contributed by atoms with Crippen molar-refractivity contribution in [3.8, 4) is 11.8 Å². The Balaban J connectivity index is 2.45. The molecule has 0 amide bonds. The Kier molecular flexibility index (Phi) is 4.52. The quantitative estimate of drug-likeness (QED) is 0.821. The topological polar surface area (TPSA) is 98.0 Å². The van der Waals surface area contributed by atoms with E-state index < -0.39 is 10.0 Å². The molecule has 0 atom stereocenters. The second-order valence-corrected chi connectivity index (χ2v) is 5.89. The lowest BCUT2D eigenvalue weighted by Gasteiger charge is -2.09. The van der Waals surface area contributed by atoms with Crippen molar-refractivity contribution >= 4 is 15.7 Å². The normalized spacial score (nSPS) is 10.6. The van der Waals surface area contributed by atoms with Crippen molar-refractivity contribution in [1.82, 2.24) is 9.97 Å². The van der Waals surface area contributed by atoms with Crippen LogP contribution in [0.5, 0.6) is 0 Å². The molecule has 0 radical (unpaired) electrons. The van der Waals surface area contributed by atoms with Crippen LogP contribution >= 0.6 is 0 Å². The molecule has 21 heavy (non-hydrogen) atoms. The number of rotatable bonds is 3. The molecule has 1 heterocycles. The lowest BCUT2D eigenvalue weighted by atomic mass is 10.1. The molecule has 0 aliphatic heterocycles. The number of sulfonamides is 1. The van der Waals surface area contributed by atoms with Gasteiger partial charge in [-0.1, -0.05) is 17.9 Å². The molecule has 0 aliphatic rings. The van der Waals surface area contributed by atoms with Crippen LogP contribution in [0.2, 0.25) is 0 Å². The van der Waals surface area contributed by atoms with Gasteiger partial charge in [0.1, 0.15) is 11.2 Å². The summed E-state index contributed by atoms with van der Waals surface area (Å²) in [7, 11) is -3.76. The second-order valence-electron chi connectivity index (χ2n) is 4.24. The maximum absolute atomic E-state index is 12.4.